The second kappa shape index (κ2) is 46.0. The molecule has 2 N–H and O–H groups in total. The van der Waals surface area contributed by atoms with Crippen molar-refractivity contribution in [3.63, 3.8) is 0 Å². The zero-order valence-corrected chi connectivity index (χ0v) is 49.0. The van der Waals surface area contributed by atoms with Crippen LogP contribution in [0, 0.1) is 6.92 Å². The molecule has 0 saturated heterocycles. The number of nitrogens with zero attached hydrogens (tertiary/aromatic N) is 8. The molecule has 0 amide bonds. The van der Waals surface area contributed by atoms with Crippen molar-refractivity contribution in [3.05, 3.63) is 78.5 Å². The monoisotopic (exact) mass is 1150 g/mol. The summed E-state index contributed by atoms with van der Waals surface area (Å²) >= 11 is 3.15. The van der Waals surface area contributed by atoms with E-state index >= 15 is 0 Å². The molecule has 63 heavy (non-hydrogen) atoms. The number of nitrogens with one attached hydrogen (secondary N) is 2. The first kappa shape index (κ1) is 79.0. The second-order valence-electron chi connectivity index (χ2n) is 11.0. The average Bonchev–Trinajstić information content (AvgIpc) is 3.98. The number of halogens is 6. The van der Waals surface area contributed by atoms with Crippen LogP contribution in [0.1, 0.15) is 128 Å². The van der Waals surface area contributed by atoms with E-state index in [1.54, 1.807) is 18.7 Å². The molecule has 0 unspecified atom stereocenters. The summed E-state index contributed by atoms with van der Waals surface area (Å²) in [4.78, 5) is 10.6. The summed E-state index contributed by atoms with van der Waals surface area (Å²) in [5.41, 5.74) is 1.11. The Bertz CT molecular complexity index is 1840. The summed E-state index contributed by atoms with van der Waals surface area (Å²) in [5.74, 6) is 0. The van der Waals surface area contributed by atoms with Crippen LogP contribution in [0.3, 0.4) is 0 Å². The molecular weight excluding hydrogens is 1080 g/mol. The number of aromatic nitrogens is 8. The van der Waals surface area contributed by atoms with E-state index in [2.05, 4.69) is 147 Å². The van der Waals surface area contributed by atoms with Crippen LogP contribution in [0.5, 0.6) is 0 Å². The van der Waals surface area contributed by atoms with Crippen molar-refractivity contribution in [2.24, 2.45) is 0 Å². The quantitative estimate of drug-likeness (QED) is 0.0817. The van der Waals surface area contributed by atoms with E-state index in [4.69, 9.17) is 0 Å². The van der Waals surface area contributed by atoms with Crippen molar-refractivity contribution in [3.8, 4) is 0 Å². The molecule has 4 rings (SSSR count). The Balaban J connectivity index is -0.0000000923. The van der Waals surface area contributed by atoms with Crippen LogP contribution in [-0.4, -0.2) is 67.7 Å². The Morgan fingerprint density at radius 2 is 1.02 bits per heavy atom. The van der Waals surface area contributed by atoms with E-state index in [9.17, 15) is 49.2 Å². The molecule has 0 aliphatic heterocycles. The summed E-state index contributed by atoms with van der Waals surface area (Å²) in [6.45, 7) is 35.4. The number of aryl methyl sites for hydroxylation is 3. The Morgan fingerprint density at radius 1 is 0.683 bits per heavy atom. The smallest absolute Gasteiger partial charge is 1.00 e. The topological polar surface area (TPSA) is 227 Å². The van der Waals surface area contributed by atoms with Crippen molar-refractivity contribution in [2.75, 3.05) is 5.33 Å². The van der Waals surface area contributed by atoms with Crippen molar-refractivity contribution < 1.29 is 127 Å². The fourth-order valence-corrected chi connectivity index (χ4v) is 4.73. The molecule has 18 nitrogen and oxygen atoms in total. The zero-order chi connectivity index (χ0) is 49.6. The van der Waals surface area contributed by atoms with Gasteiger partial charge >= 0.3 is 72.2 Å². The van der Waals surface area contributed by atoms with Crippen LogP contribution in [0.4, 0.5) is 15.5 Å². The SMILES string of the molecule is CC.CC.CC.CC(C)n1ccnc1.CCBr.CC[n+]1ccn(C(C)C)c1.CC[n+]1ccn(C(C)C)c1.Cc1cnc[nH]1.O=S(=O)(F)NS(=O)(=O)F.O=S(=O)(F)[N-]S(=O)(=O)F.[Br-].[K+]. The van der Waals surface area contributed by atoms with E-state index in [1.165, 1.54) is 0 Å². The number of hydrogen-bond acceptors (Lipinski definition) is 10. The second-order valence-corrected chi connectivity index (χ2v) is 16.8. The van der Waals surface area contributed by atoms with Crippen molar-refractivity contribution in [2.45, 2.75) is 142 Å². The molecule has 0 aliphatic carbocycles. The molecule has 0 radical (unpaired) electrons. The number of alkyl halides is 1. The fraction of sp³-hybridized carbons (Fsp3) is 0.647. The van der Waals surface area contributed by atoms with Gasteiger partial charge in [-0.2, -0.15) is 16.8 Å². The van der Waals surface area contributed by atoms with Crippen molar-refractivity contribution in [1.82, 2.24) is 32.8 Å². The maximum atomic E-state index is 11.1. The number of hydrogen-bond donors (Lipinski definition) is 2. The van der Waals surface area contributed by atoms with Gasteiger partial charge in [-0.1, -0.05) is 76.3 Å². The van der Waals surface area contributed by atoms with Gasteiger partial charge in [-0.25, -0.2) is 45.1 Å². The van der Waals surface area contributed by atoms with Crippen LogP contribution in [-0.2, 0) is 54.7 Å². The van der Waals surface area contributed by atoms with Crippen LogP contribution in [0.25, 0.3) is 4.13 Å². The number of imidazole rings is 4. The predicted octanol–water partition coefficient (Wildman–Crippen LogP) is 2.22. The minimum Gasteiger partial charge on any atom is -1.00 e. The van der Waals surface area contributed by atoms with E-state index in [-0.39, 0.29) is 72.5 Å². The van der Waals surface area contributed by atoms with E-state index in [0.717, 1.165) is 28.2 Å². The van der Waals surface area contributed by atoms with Gasteiger partial charge in [0.2, 0.25) is 33.5 Å². The Labute approximate surface area is 438 Å². The van der Waals surface area contributed by atoms with Crippen LogP contribution in [0.2, 0.25) is 0 Å². The predicted molar refractivity (Wildman–Crippen MR) is 237 cm³/mol. The molecular formula is C34H70Br2F4KN10O8S4+. The molecule has 0 saturated carbocycles. The maximum absolute atomic E-state index is 11.1. The van der Waals surface area contributed by atoms with E-state index < -0.39 is 41.6 Å². The number of rotatable bonds is 9. The van der Waals surface area contributed by atoms with Gasteiger partial charge in [-0.3, -0.25) is 0 Å². The number of aromatic amines is 1. The third-order valence-corrected chi connectivity index (χ3v) is 8.50. The molecule has 0 aromatic carbocycles. The molecule has 370 valence electrons. The third-order valence-electron chi connectivity index (χ3n) is 5.48. The minimum atomic E-state index is -5.62. The molecule has 0 bridgehead atoms. The third kappa shape index (κ3) is 60.9. The van der Waals surface area contributed by atoms with Gasteiger partial charge in [0.15, 0.2) is 0 Å². The Hall–Kier alpha value is -1.12. The molecule has 0 spiro atoms. The normalized spacial score (nSPS) is 10.0. The molecule has 0 atom stereocenters. The van der Waals surface area contributed by atoms with Gasteiger partial charge in [0.1, 0.15) is 24.8 Å². The average molecular weight is 1150 g/mol. The molecule has 0 aliphatic rings. The molecule has 4 aromatic heterocycles. The summed E-state index contributed by atoms with van der Waals surface area (Å²) in [6.07, 6.45) is 21.7. The summed E-state index contributed by atoms with van der Waals surface area (Å²) in [6, 6.07) is 1.69. The van der Waals surface area contributed by atoms with Gasteiger partial charge in [-0.15, -0.1) is 7.77 Å². The van der Waals surface area contributed by atoms with Gasteiger partial charge < -0.3 is 30.7 Å². The van der Waals surface area contributed by atoms with E-state index in [1.807, 2.05) is 67.9 Å². The fourth-order valence-electron chi connectivity index (χ4n) is 2.93. The first-order valence-electron chi connectivity index (χ1n) is 18.9. The minimum absolute atomic E-state index is 0. The van der Waals surface area contributed by atoms with Gasteiger partial charge in [0.25, 0.3) is 0 Å². The van der Waals surface area contributed by atoms with Crippen LogP contribution in [0.15, 0.2) is 68.7 Å². The van der Waals surface area contributed by atoms with Crippen molar-refractivity contribution >= 4 is 57.6 Å². The van der Waals surface area contributed by atoms with Gasteiger partial charge in [-0.05, 0) is 62.3 Å². The Kier molecular flexibility index (Phi) is 57.7. The summed E-state index contributed by atoms with van der Waals surface area (Å²) in [5, 5.41) is 1.06. The molecule has 4 aromatic rings. The summed E-state index contributed by atoms with van der Waals surface area (Å²) in [7, 11) is -22.2. The van der Waals surface area contributed by atoms with Crippen molar-refractivity contribution in [1.29, 1.82) is 0 Å². The van der Waals surface area contributed by atoms with E-state index in [0.29, 0.717) is 18.1 Å². The number of H-pyrrole nitrogens is 1. The first-order valence-corrected chi connectivity index (χ1v) is 25.5. The standard InChI is InChI=1S/2C8H15N2.C6H10N2.C4H6N2.C2H5Br.3C2H6.BrH.F2HNO4S2.F2NO4S2.K/c2*1-4-9-5-6-10(7-9)8(2)3;1-6(2)8-4-3-7-5-8;1-4-2-5-3-6-4;1-2-3;3*1-2;;2*1-8(4,5)3-9(2,6)7;/h2*5-8H,4H2,1-3H3;3-6H,1-2H3;2-3H,1H3,(H,5,6);2H2,1H3;3*1-2H3;1H;3H;;/q2*+1;;;;;;;;;-1;+1/p-1. The largest absolute Gasteiger partial charge is 1.00 e. The summed E-state index contributed by atoms with van der Waals surface area (Å²) < 4.78 is 130. The maximum Gasteiger partial charge on any atom is 1.00 e. The zero-order valence-electron chi connectivity index (χ0n) is 39.4. The molecule has 4 heterocycles. The Morgan fingerprint density at radius 3 is 1.11 bits per heavy atom. The van der Waals surface area contributed by atoms with Gasteiger partial charge in [0, 0.05) is 35.7 Å². The van der Waals surface area contributed by atoms with Gasteiger partial charge in [0.05, 0.1) is 37.8 Å². The first-order chi connectivity index (χ1) is 28.0. The van der Waals surface area contributed by atoms with Crippen LogP contribution < -0.4 is 81.6 Å². The van der Waals surface area contributed by atoms with Crippen LogP contribution >= 0.6 is 15.9 Å². The molecule has 0 fully saturated rings. The molecule has 29 heteroatoms.